The number of aromatic nitrogens is 3. The fraction of sp³-hybridized carbons (Fsp3) is 0. The van der Waals surface area contributed by atoms with Gasteiger partial charge in [0.15, 0.2) is 17.5 Å². The lowest BCUT2D eigenvalue weighted by Gasteiger charge is -2.24. The van der Waals surface area contributed by atoms with E-state index in [9.17, 15) is 0 Å². The van der Waals surface area contributed by atoms with Crippen LogP contribution in [0.4, 0.5) is 0 Å². The van der Waals surface area contributed by atoms with Crippen LogP contribution in [0.25, 0.3) is 134 Å². The highest BCUT2D eigenvalue weighted by Gasteiger charge is 2.25. The third-order valence-corrected chi connectivity index (χ3v) is 13.5. The molecule has 4 nitrogen and oxygen atoms in total. The van der Waals surface area contributed by atoms with E-state index in [1.54, 1.807) is 0 Å². The highest BCUT2D eigenvalue weighted by atomic mass is 16.3. The van der Waals surface area contributed by atoms with Crippen molar-refractivity contribution in [1.29, 1.82) is 0 Å². The highest BCUT2D eigenvalue weighted by molar-refractivity contribution is 6.21. The lowest BCUT2D eigenvalue weighted by molar-refractivity contribution is 0.669. The Morgan fingerprint density at radius 3 is 1.23 bits per heavy atom. The normalized spacial score (nSPS) is 11.4. The van der Waals surface area contributed by atoms with Crippen molar-refractivity contribution < 1.29 is 4.42 Å². The summed E-state index contributed by atoms with van der Waals surface area (Å²) in [5.74, 6) is 1.73. The number of benzene rings is 11. The predicted octanol–water partition coefficient (Wildman–Crippen LogP) is 17.9. The van der Waals surface area contributed by atoms with E-state index in [2.05, 4.69) is 231 Å². The number of nitrogens with zero attached hydrogens (tertiary/aromatic N) is 3. The second kappa shape index (κ2) is 17.9. The lowest BCUT2D eigenvalue weighted by atomic mass is 9.79. The first-order valence-corrected chi connectivity index (χ1v) is 24.0. The van der Waals surface area contributed by atoms with Crippen LogP contribution in [-0.4, -0.2) is 15.0 Å². The Hall–Kier alpha value is -9.51. The molecule has 0 aliphatic carbocycles. The van der Waals surface area contributed by atoms with Gasteiger partial charge in [-0.05, 0) is 108 Å². The average molecular weight is 906 g/mol. The summed E-state index contributed by atoms with van der Waals surface area (Å²) in [4.78, 5) is 15.7. The Morgan fingerprint density at radius 2 is 0.648 bits per heavy atom. The van der Waals surface area contributed by atoms with Crippen LogP contribution in [0.3, 0.4) is 0 Å². The van der Waals surface area contributed by atoms with Crippen molar-refractivity contribution in [2.75, 3.05) is 0 Å². The van der Waals surface area contributed by atoms with Gasteiger partial charge in [0.05, 0.1) is 0 Å². The third-order valence-electron chi connectivity index (χ3n) is 13.5. The van der Waals surface area contributed by atoms with Crippen LogP contribution in [0.15, 0.2) is 265 Å². The Bertz CT molecular complexity index is 4060. The minimum atomic E-state index is 0.563. The van der Waals surface area contributed by atoms with Crippen LogP contribution in [-0.2, 0) is 0 Å². The van der Waals surface area contributed by atoms with E-state index in [1.165, 1.54) is 27.6 Å². The monoisotopic (exact) mass is 905 g/mol. The van der Waals surface area contributed by atoms with Crippen LogP contribution in [0.2, 0.25) is 0 Å². The first-order valence-electron chi connectivity index (χ1n) is 24.0. The van der Waals surface area contributed by atoms with Gasteiger partial charge < -0.3 is 4.42 Å². The average Bonchev–Trinajstić information content (AvgIpc) is 3.85. The highest BCUT2D eigenvalue weighted by Crippen LogP contribution is 2.50. The van der Waals surface area contributed by atoms with Gasteiger partial charge in [0.25, 0.3) is 0 Å². The molecular formula is C67H43N3O. The van der Waals surface area contributed by atoms with Crippen LogP contribution in [0.5, 0.6) is 0 Å². The van der Waals surface area contributed by atoms with Crippen molar-refractivity contribution in [2.24, 2.45) is 0 Å². The molecule has 0 radical (unpaired) electrons. The zero-order chi connectivity index (χ0) is 47.1. The Labute approximate surface area is 411 Å². The molecule has 0 fully saturated rings. The zero-order valence-corrected chi connectivity index (χ0v) is 38.6. The van der Waals surface area contributed by atoms with Gasteiger partial charge in [-0.3, -0.25) is 0 Å². The molecule has 0 bridgehead atoms. The van der Waals surface area contributed by atoms with Crippen LogP contribution in [0.1, 0.15) is 0 Å². The molecule has 13 aromatic rings. The van der Waals surface area contributed by atoms with Crippen LogP contribution >= 0.6 is 0 Å². The van der Waals surface area contributed by atoms with Gasteiger partial charge in [-0.15, -0.1) is 0 Å². The molecule has 11 aromatic carbocycles. The first-order chi connectivity index (χ1) is 35.2. The number of hydrogen-bond acceptors (Lipinski definition) is 4. The van der Waals surface area contributed by atoms with E-state index in [4.69, 9.17) is 19.4 Å². The number of rotatable bonds is 9. The molecule has 0 unspecified atom stereocenters. The fourth-order valence-corrected chi connectivity index (χ4v) is 10.3. The molecule has 0 saturated heterocycles. The van der Waals surface area contributed by atoms with Crippen molar-refractivity contribution >= 4 is 32.7 Å². The maximum Gasteiger partial charge on any atom is 0.164 e. The summed E-state index contributed by atoms with van der Waals surface area (Å²) in [5, 5.41) is 4.48. The molecule has 0 atom stereocenters. The standard InChI is InChI=1S/C67H43N3O/c1-7-21-44(22-8-1)53-35-20-36-55-54(53)39-40-59-64(55)56-38-37-52(42-60(56)71-59)67-69-65(49-31-17-6-18-32-49)68-66(70-67)51-34-19-33-50(41-51)58-43-57(45-23-9-2-10-24-45)61(46-25-11-3-12-26-46)63(48-29-15-5-16-30-48)62(58)47-27-13-4-14-28-47/h1-43H. The summed E-state index contributed by atoms with van der Waals surface area (Å²) in [6.07, 6.45) is 0. The molecule has 71 heavy (non-hydrogen) atoms. The molecule has 0 amide bonds. The quantitative estimate of drug-likeness (QED) is 0.145. The fourth-order valence-electron chi connectivity index (χ4n) is 10.3. The van der Waals surface area contributed by atoms with Gasteiger partial charge in [0, 0.05) is 27.5 Å². The van der Waals surface area contributed by atoms with Crippen molar-refractivity contribution in [2.45, 2.75) is 0 Å². The van der Waals surface area contributed by atoms with Crippen molar-refractivity contribution in [3.63, 3.8) is 0 Å². The maximum absolute atomic E-state index is 6.66. The largest absolute Gasteiger partial charge is 0.456 e. The number of hydrogen-bond donors (Lipinski definition) is 0. The number of furan rings is 1. The van der Waals surface area contributed by atoms with E-state index in [-0.39, 0.29) is 0 Å². The van der Waals surface area contributed by atoms with E-state index < -0.39 is 0 Å². The van der Waals surface area contributed by atoms with E-state index in [0.717, 1.165) is 88.5 Å². The molecule has 0 aliphatic heterocycles. The van der Waals surface area contributed by atoms with Gasteiger partial charge in [0.2, 0.25) is 0 Å². The molecule has 2 heterocycles. The van der Waals surface area contributed by atoms with Gasteiger partial charge in [0.1, 0.15) is 11.2 Å². The van der Waals surface area contributed by atoms with E-state index in [0.29, 0.717) is 17.5 Å². The number of fused-ring (bicyclic) bond motifs is 5. The molecule has 0 aliphatic rings. The summed E-state index contributed by atoms with van der Waals surface area (Å²) in [6.45, 7) is 0. The lowest BCUT2D eigenvalue weighted by Crippen LogP contribution is -2.01. The second-order valence-electron chi connectivity index (χ2n) is 17.8. The summed E-state index contributed by atoms with van der Waals surface area (Å²) < 4.78 is 6.66. The Kier molecular flexibility index (Phi) is 10.5. The minimum Gasteiger partial charge on any atom is -0.456 e. The summed E-state index contributed by atoms with van der Waals surface area (Å²) >= 11 is 0. The predicted molar refractivity (Wildman–Crippen MR) is 294 cm³/mol. The Balaban J connectivity index is 1.01. The third kappa shape index (κ3) is 7.65. The van der Waals surface area contributed by atoms with Gasteiger partial charge in [-0.1, -0.05) is 231 Å². The van der Waals surface area contributed by atoms with Crippen LogP contribution in [0, 0.1) is 0 Å². The smallest absolute Gasteiger partial charge is 0.164 e. The second-order valence-corrected chi connectivity index (χ2v) is 17.8. The summed E-state index contributed by atoms with van der Waals surface area (Å²) in [5.41, 5.74) is 18.0. The topological polar surface area (TPSA) is 51.8 Å². The molecule has 0 N–H and O–H groups in total. The molecule has 0 spiro atoms. The van der Waals surface area contributed by atoms with Gasteiger partial charge in [-0.2, -0.15) is 0 Å². The van der Waals surface area contributed by atoms with E-state index in [1.807, 2.05) is 30.3 Å². The SMILES string of the molecule is c1ccc(-c2nc(-c3cccc(-c4cc(-c5ccccc5)c(-c5ccccc5)c(-c5ccccc5)c4-c4ccccc4)c3)nc(-c3ccc4c(c3)oc3ccc5c(-c6ccccc6)cccc5c34)n2)cc1. The van der Waals surface area contributed by atoms with Gasteiger partial charge in [-0.25, -0.2) is 15.0 Å². The first kappa shape index (κ1) is 41.7. The minimum absolute atomic E-state index is 0.563. The van der Waals surface area contributed by atoms with Crippen molar-refractivity contribution in [3.05, 3.63) is 261 Å². The van der Waals surface area contributed by atoms with Crippen molar-refractivity contribution in [3.8, 4) is 101 Å². The molecule has 2 aromatic heterocycles. The maximum atomic E-state index is 6.66. The van der Waals surface area contributed by atoms with Crippen molar-refractivity contribution in [1.82, 2.24) is 15.0 Å². The molecule has 13 rings (SSSR count). The van der Waals surface area contributed by atoms with Gasteiger partial charge >= 0.3 is 0 Å². The van der Waals surface area contributed by atoms with E-state index >= 15 is 0 Å². The Morgan fingerprint density at radius 1 is 0.225 bits per heavy atom. The summed E-state index contributed by atoms with van der Waals surface area (Å²) in [7, 11) is 0. The molecule has 4 heteroatoms. The molecule has 332 valence electrons. The zero-order valence-electron chi connectivity index (χ0n) is 38.6. The molecular weight excluding hydrogens is 863 g/mol. The molecule has 0 saturated carbocycles. The van der Waals surface area contributed by atoms with Crippen LogP contribution < -0.4 is 0 Å². The summed E-state index contributed by atoms with van der Waals surface area (Å²) in [6, 6.07) is 92.0.